The fraction of sp³-hybridized carbons (Fsp3) is 0.333. The highest BCUT2D eigenvalue weighted by atomic mass is 35.5. The number of aryl methyl sites for hydroxylation is 1. The highest BCUT2D eigenvalue weighted by Gasteiger charge is 2.54. The summed E-state index contributed by atoms with van der Waals surface area (Å²) in [5.41, 5.74) is 3.87. The van der Waals surface area contributed by atoms with Crippen molar-refractivity contribution in [3.05, 3.63) is 42.2 Å². The van der Waals surface area contributed by atoms with E-state index in [0.717, 1.165) is 28.0 Å². The number of aromatic nitrogens is 4. The minimum Gasteiger partial charge on any atom is -0.449 e. The van der Waals surface area contributed by atoms with Gasteiger partial charge in [-0.15, -0.1) is 11.8 Å². The number of nitrogens with zero attached hydrogens (tertiary/aromatic N) is 5. The minimum atomic E-state index is -1.65. The van der Waals surface area contributed by atoms with Gasteiger partial charge in [0.05, 0.1) is 0 Å². The van der Waals surface area contributed by atoms with Crippen molar-refractivity contribution < 1.29 is 29.1 Å². The molecule has 20 heteroatoms. The molecule has 1 fully saturated rings. The van der Waals surface area contributed by atoms with Crippen LogP contribution in [0.15, 0.2) is 31.4 Å². The van der Waals surface area contributed by atoms with Gasteiger partial charge in [0.2, 0.25) is 5.88 Å². The van der Waals surface area contributed by atoms with Crippen LogP contribution in [0.5, 0.6) is 0 Å². The van der Waals surface area contributed by atoms with E-state index in [0.29, 0.717) is 5.57 Å². The van der Waals surface area contributed by atoms with Crippen LogP contribution in [0, 0.1) is 0 Å². The van der Waals surface area contributed by atoms with Crippen LogP contribution in [0.25, 0.3) is 0 Å². The second-order valence-electron chi connectivity index (χ2n) is 7.42. The van der Waals surface area contributed by atoms with E-state index >= 15 is 0 Å². The summed E-state index contributed by atoms with van der Waals surface area (Å²) in [6, 6.07) is -1.05. The second kappa shape index (κ2) is 11.1. The van der Waals surface area contributed by atoms with Crippen molar-refractivity contribution in [3.8, 4) is 0 Å². The molecule has 2 aromatic heterocycles. The molecule has 5 N–H and O–H groups in total. The monoisotopic (exact) mass is 604 g/mol. The highest BCUT2D eigenvalue weighted by Crippen LogP contribution is 2.42. The number of H-pyrrole nitrogens is 1. The Balaban J connectivity index is 1.53. The largest absolute Gasteiger partial charge is 0.512 e. The summed E-state index contributed by atoms with van der Waals surface area (Å²) in [6.07, 6.45) is -1.65. The number of thiazole rings is 1. The van der Waals surface area contributed by atoms with Gasteiger partial charge in [0.1, 0.15) is 28.6 Å². The maximum atomic E-state index is 13.0. The van der Waals surface area contributed by atoms with E-state index in [1.54, 1.807) is 0 Å². The van der Waals surface area contributed by atoms with Crippen LogP contribution in [0.3, 0.4) is 0 Å². The number of carboxylic acid groups (broad SMARTS) is 1. The van der Waals surface area contributed by atoms with Gasteiger partial charge in [-0.25, -0.2) is 9.78 Å². The van der Waals surface area contributed by atoms with Gasteiger partial charge in [-0.2, -0.15) is 4.98 Å². The molecule has 4 heterocycles. The number of oxime groups is 1. The second-order valence-corrected chi connectivity index (χ2v) is 11.1. The lowest BCUT2D eigenvalue weighted by Crippen LogP contribution is -2.70. The number of hydrogen-bond acceptors (Lipinski definition) is 14. The number of aromatic amines is 1. The van der Waals surface area contributed by atoms with Gasteiger partial charge in [-0.3, -0.25) is 33.9 Å². The third kappa shape index (κ3) is 5.35. The molecular formula is C18H17ClN8O8S3. The van der Waals surface area contributed by atoms with Crippen molar-refractivity contribution >= 4 is 75.3 Å². The summed E-state index contributed by atoms with van der Waals surface area (Å²) in [6.45, 7) is 0. The molecular weight excluding hydrogens is 588 g/mol. The summed E-state index contributed by atoms with van der Waals surface area (Å²) in [5.74, 6) is -1.34. The lowest BCUT2D eigenvalue weighted by molar-refractivity contribution is -0.148. The number of carbonyl (C=O) groups excluding carboxylic acids is 2. The number of ether oxygens (including phenoxy) is 1. The van der Waals surface area contributed by atoms with Crippen LogP contribution in [-0.4, -0.2) is 83.5 Å². The van der Waals surface area contributed by atoms with Crippen LogP contribution in [0.2, 0.25) is 4.34 Å². The molecule has 0 aromatic carbocycles. The number of rotatable bonds is 8. The number of nitrogens with one attached hydrogen (secondary N) is 2. The van der Waals surface area contributed by atoms with Crippen molar-refractivity contribution in [1.82, 2.24) is 30.0 Å². The Morgan fingerprint density at radius 3 is 2.74 bits per heavy atom. The molecule has 2 aromatic rings. The Morgan fingerprint density at radius 1 is 1.37 bits per heavy atom. The number of nitrogen functional groups attached to an aromatic ring is 1. The zero-order chi connectivity index (χ0) is 27.7. The van der Waals surface area contributed by atoms with Crippen molar-refractivity contribution in [3.63, 3.8) is 0 Å². The normalized spacial score (nSPS) is 19.1. The molecule has 2 atom stereocenters. The molecule has 2 aliphatic heterocycles. The molecule has 1 unspecified atom stereocenters. The van der Waals surface area contributed by atoms with Crippen LogP contribution in [0.1, 0.15) is 5.69 Å². The maximum Gasteiger partial charge on any atom is 0.512 e. The molecule has 202 valence electrons. The van der Waals surface area contributed by atoms with Crippen LogP contribution < -0.4 is 22.2 Å². The Kier molecular flexibility index (Phi) is 7.99. The van der Waals surface area contributed by atoms with E-state index in [2.05, 4.69) is 25.5 Å². The van der Waals surface area contributed by atoms with E-state index in [9.17, 15) is 29.1 Å². The molecule has 0 spiro atoms. The summed E-state index contributed by atoms with van der Waals surface area (Å²) in [5, 5.41) is 17.3. The van der Waals surface area contributed by atoms with Crippen molar-refractivity contribution in [2.45, 2.75) is 16.6 Å². The zero-order valence-electron chi connectivity index (χ0n) is 19.3. The van der Waals surface area contributed by atoms with Gasteiger partial charge in [0.25, 0.3) is 11.8 Å². The molecule has 2 amide bonds. The fourth-order valence-corrected chi connectivity index (χ4v) is 6.70. The topological polar surface area (TPSA) is 224 Å². The van der Waals surface area contributed by atoms with Crippen LogP contribution >= 0.6 is 46.5 Å². The number of nitrogens with two attached hydrogens (primary N) is 1. The van der Waals surface area contributed by atoms with Gasteiger partial charge in [-0.05, 0) is 0 Å². The Hall–Kier alpha value is -3.55. The first kappa shape index (κ1) is 27.5. The van der Waals surface area contributed by atoms with E-state index in [1.807, 2.05) is 0 Å². The van der Waals surface area contributed by atoms with Crippen LogP contribution in [0.4, 0.5) is 9.93 Å². The number of amides is 2. The van der Waals surface area contributed by atoms with Gasteiger partial charge < -0.3 is 25.7 Å². The van der Waals surface area contributed by atoms with Gasteiger partial charge in [0, 0.05) is 24.1 Å². The summed E-state index contributed by atoms with van der Waals surface area (Å²) < 4.78 is 6.27. The number of hydrogen-bond donors (Lipinski definition) is 4. The van der Waals surface area contributed by atoms with E-state index < -0.39 is 40.5 Å². The predicted octanol–water partition coefficient (Wildman–Crippen LogP) is -0.390. The molecule has 38 heavy (non-hydrogen) atoms. The molecule has 0 radical (unpaired) electrons. The smallest absolute Gasteiger partial charge is 0.449 e. The van der Waals surface area contributed by atoms with Gasteiger partial charge >= 0.3 is 17.3 Å². The lowest BCUT2D eigenvalue weighted by Gasteiger charge is -2.49. The van der Waals surface area contributed by atoms with Crippen LogP contribution in [-0.2, 0) is 26.2 Å². The molecule has 1 saturated heterocycles. The minimum absolute atomic E-state index is 0.0205. The maximum absolute atomic E-state index is 13.0. The van der Waals surface area contributed by atoms with Crippen molar-refractivity contribution in [2.24, 2.45) is 12.2 Å². The van der Waals surface area contributed by atoms with Crippen molar-refractivity contribution in [2.75, 3.05) is 24.3 Å². The quantitative estimate of drug-likeness (QED) is 0.0753. The lowest BCUT2D eigenvalue weighted by atomic mass is 10.1. The molecule has 16 nitrogen and oxygen atoms in total. The molecule has 2 aliphatic rings. The number of fused-ring (bicyclic) bond motifs is 1. The third-order valence-corrected chi connectivity index (χ3v) is 8.55. The Morgan fingerprint density at radius 2 is 2.11 bits per heavy atom. The average Bonchev–Trinajstić information content (AvgIpc) is 3.19. The SMILES string of the molecule is CON=C(C(=O)NC1C(=O)N2C(OC(=O)O)=C(CSc3nc(=O)c(=O)[nH]n3C)CS[C@@H]12)c1nc(N)sc1Cl. The van der Waals surface area contributed by atoms with Gasteiger partial charge in [0.15, 0.2) is 16.0 Å². The van der Waals surface area contributed by atoms with Gasteiger partial charge in [-0.1, -0.05) is 39.9 Å². The number of anilines is 1. The number of carbonyl (C=O) groups is 3. The zero-order valence-corrected chi connectivity index (χ0v) is 22.5. The standard InChI is InChI=1S/C18H17ClN8O8S3/c1-26-17(23-11(29)12(30)24-26)37-4-5-3-36-15-8(13(31)27(15)14(5)35-18(32)33)21-10(28)7(25-34-2)6-9(19)38-16(20)22-6/h8,15H,3-4H2,1-2H3,(H2,20,22)(H,21,28)(H,24,30)(H,32,33)/t8?,15-/m0/s1. The highest BCUT2D eigenvalue weighted by molar-refractivity contribution is 8.01. The summed E-state index contributed by atoms with van der Waals surface area (Å²) in [7, 11) is 2.69. The molecule has 4 rings (SSSR count). The van der Waals surface area contributed by atoms with E-state index in [-0.39, 0.29) is 43.4 Å². The average molecular weight is 605 g/mol. The number of thioether (sulfide) groups is 2. The Labute approximate surface area is 229 Å². The summed E-state index contributed by atoms with van der Waals surface area (Å²) >= 11 is 9.29. The summed E-state index contributed by atoms with van der Waals surface area (Å²) in [4.78, 5) is 73.9. The first-order chi connectivity index (χ1) is 18.0. The number of β-lactam (4-membered cyclic amide) rings is 1. The fourth-order valence-electron chi connectivity index (χ4n) is 3.41. The van der Waals surface area contributed by atoms with E-state index in [1.165, 1.54) is 30.6 Å². The Bertz CT molecular complexity index is 1500. The predicted molar refractivity (Wildman–Crippen MR) is 137 cm³/mol. The molecule has 0 aliphatic carbocycles. The molecule has 0 bridgehead atoms. The molecule has 0 saturated carbocycles. The first-order valence-electron chi connectivity index (χ1n) is 10.2. The van der Waals surface area contributed by atoms with E-state index in [4.69, 9.17) is 26.9 Å². The number of halogens is 1. The third-order valence-electron chi connectivity index (χ3n) is 5.01. The first-order valence-corrected chi connectivity index (χ1v) is 13.5. The van der Waals surface area contributed by atoms with Crippen molar-refractivity contribution in [1.29, 1.82) is 0 Å².